The Kier molecular flexibility index (Phi) is 4.45. The van der Waals surface area contributed by atoms with Gasteiger partial charge in [0.1, 0.15) is 0 Å². The Morgan fingerprint density at radius 3 is 2.42 bits per heavy atom. The van der Waals surface area contributed by atoms with E-state index in [1.807, 2.05) is 0 Å². The number of hydrogen-bond acceptors (Lipinski definition) is 4. The van der Waals surface area contributed by atoms with E-state index in [4.69, 9.17) is 0 Å². The Balaban J connectivity index is 4.24. The van der Waals surface area contributed by atoms with Crippen molar-refractivity contribution in [3.05, 3.63) is 24.5 Å². The summed E-state index contributed by atoms with van der Waals surface area (Å²) in [4.78, 5) is 21.4. The van der Waals surface area contributed by atoms with Gasteiger partial charge in [-0.2, -0.15) is 0 Å². The second-order valence-corrected chi connectivity index (χ2v) is 1.92. The van der Waals surface area contributed by atoms with Gasteiger partial charge in [0, 0.05) is 11.6 Å². The lowest BCUT2D eigenvalue weighted by molar-refractivity contribution is -0.137. The maximum absolute atomic E-state index is 10.7. The average Bonchev–Trinajstić information content (AvgIpc) is 2.03. The van der Waals surface area contributed by atoms with Crippen molar-refractivity contribution >= 4 is 11.9 Å². The Hall–Kier alpha value is -1.58. The molecule has 12 heavy (non-hydrogen) atoms. The number of esters is 2. The molecule has 0 fully saturated rings. The van der Waals surface area contributed by atoms with Gasteiger partial charge in [0.15, 0.2) is 0 Å². The van der Waals surface area contributed by atoms with Crippen molar-refractivity contribution in [2.24, 2.45) is 0 Å². The fourth-order valence-electron chi connectivity index (χ4n) is 0.513. The first kappa shape index (κ1) is 10.4. The molecule has 0 atom stereocenters. The van der Waals surface area contributed by atoms with E-state index in [1.165, 1.54) is 14.0 Å². The SMILES string of the molecule is C=COC(=O)C=C(C)C(=O)OC. The number of carbonyl (C=O) groups excluding carboxylic acids is 2. The van der Waals surface area contributed by atoms with Gasteiger partial charge in [-0.15, -0.1) is 0 Å². The topological polar surface area (TPSA) is 52.6 Å². The second-order valence-electron chi connectivity index (χ2n) is 1.92. The van der Waals surface area contributed by atoms with Crippen LogP contribution in [0.4, 0.5) is 0 Å². The summed E-state index contributed by atoms with van der Waals surface area (Å²) in [6.07, 6.45) is 2.02. The van der Waals surface area contributed by atoms with Crippen LogP contribution < -0.4 is 0 Å². The van der Waals surface area contributed by atoms with Crippen LogP contribution in [-0.4, -0.2) is 19.0 Å². The summed E-state index contributed by atoms with van der Waals surface area (Å²) in [6, 6.07) is 0. The second kappa shape index (κ2) is 5.12. The van der Waals surface area contributed by atoms with E-state index >= 15 is 0 Å². The van der Waals surface area contributed by atoms with E-state index in [1.54, 1.807) is 0 Å². The van der Waals surface area contributed by atoms with Gasteiger partial charge >= 0.3 is 11.9 Å². The highest BCUT2D eigenvalue weighted by molar-refractivity contribution is 5.95. The van der Waals surface area contributed by atoms with E-state index in [0.717, 1.165) is 12.3 Å². The summed E-state index contributed by atoms with van der Waals surface area (Å²) in [6.45, 7) is 4.64. The first-order chi connectivity index (χ1) is 5.61. The lowest BCUT2D eigenvalue weighted by Crippen LogP contribution is -2.05. The molecule has 0 aromatic heterocycles. The quantitative estimate of drug-likeness (QED) is 0.357. The molecule has 66 valence electrons. The molecular formula is C8H10O4. The molecule has 0 saturated carbocycles. The summed E-state index contributed by atoms with van der Waals surface area (Å²) in [7, 11) is 1.23. The summed E-state index contributed by atoms with van der Waals surface area (Å²) < 4.78 is 8.70. The van der Waals surface area contributed by atoms with Crippen molar-refractivity contribution in [3.63, 3.8) is 0 Å². The fourth-order valence-corrected chi connectivity index (χ4v) is 0.513. The van der Waals surface area contributed by atoms with Crippen LogP contribution in [0.1, 0.15) is 6.92 Å². The zero-order valence-corrected chi connectivity index (χ0v) is 6.99. The average molecular weight is 170 g/mol. The molecule has 0 aliphatic rings. The molecule has 4 heteroatoms. The molecule has 0 rings (SSSR count). The molecule has 0 N–H and O–H groups in total. The molecular weight excluding hydrogens is 160 g/mol. The zero-order valence-electron chi connectivity index (χ0n) is 6.99. The predicted octanol–water partition coefficient (Wildman–Crippen LogP) is 0.792. The number of carbonyl (C=O) groups is 2. The van der Waals surface area contributed by atoms with Gasteiger partial charge in [0.05, 0.1) is 13.4 Å². The smallest absolute Gasteiger partial charge is 0.336 e. The first-order valence-electron chi connectivity index (χ1n) is 3.20. The lowest BCUT2D eigenvalue weighted by atomic mass is 10.3. The third kappa shape index (κ3) is 3.55. The summed E-state index contributed by atoms with van der Waals surface area (Å²) in [5.74, 6) is -1.20. The number of methoxy groups -OCH3 is 1. The monoisotopic (exact) mass is 170 g/mol. The minimum atomic E-state index is -0.645. The highest BCUT2D eigenvalue weighted by Gasteiger charge is 2.05. The van der Waals surface area contributed by atoms with Gasteiger partial charge in [-0.05, 0) is 6.92 Å². The molecule has 0 aromatic rings. The van der Waals surface area contributed by atoms with Crippen LogP contribution in [0, 0.1) is 0 Å². The summed E-state index contributed by atoms with van der Waals surface area (Å²) in [5, 5.41) is 0. The minimum Gasteiger partial charge on any atom is -0.466 e. The third-order valence-corrected chi connectivity index (χ3v) is 1.04. The van der Waals surface area contributed by atoms with E-state index in [0.29, 0.717) is 0 Å². The molecule has 0 heterocycles. The Morgan fingerprint density at radius 1 is 1.42 bits per heavy atom. The summed E-state index contributed by atoms with van der Waals surface area (Å²) >= 11 is 0. The van der Waals surface area contributed by atoms with Crippen molar-refractivity contribution in [1.82, 2.24) is 0 Å². The van der Waals surface area contributed by atoms with Crippen molar-refractivity contribution in [1.29, 1.82) is 0 Å². The molecule has 0 saturated heterocycles. The predicted molar refractivity (Wildman–Crippen MR) is 42.1 cm³/mol. The molecule has 0 aromatic carbocycles. The number of hydrogen-bond donors (Lipinski definition) is 0. The zero-order chi connectivity index (χ0) is 9.56. The van der Waals surface area contributed by atoms with E-state index < -0.39 is 11.9 Å². The van der Waals surface area contributed by atoms with Crippen molar-refractivity contribution in [2.45, 2.75) is 6.92 Å². The minimum absolute atomic E-state index is 0.185. The van der Waals surface area contributed by atoms with Crippen LogP contribution in [-0.2, 0) is 19.1 Å². The highest BCUT2D eigenvalue weighted by atomic mass is 16.5. The van der Waals surface area contributed by atoms with Crippen molar-refractivity contribution < 1.29 is 19.1 Å². The van der Waals surface area contributed by atoms with Gasteiger partial charge in [0.25, 0.3) is 0 Å². The number of ether oxygens (including phenoxy) is 2. The van der Waals surface area contributed by atoms with Gasteiger partial charge < -0.3 is 9.47 Å². The Labute approximate surface area is 70.5 Å². The van der Waals surface area contributed by atoms with Crippen LogP contribution >= 0.6 is 0 Å². The van der Waals surface area contributed by atoms with Crippen molar-refractivity contribution in [2.75, 3.05) is 7.11 Å². The molecule has 0 amide bonds. The third-order valence-electron chi connectivity index (χ3n) is 1.04. The highest BCUT2D eigenvalue weighted by Crippen LogP contribution is 1.96. The van der Waals surface area contributed by atoms with Crippen LogP contribution in [0.15, 0.2) is 24.5 Å². The standard InChI is InChI=1S/C8H10O4/c1-4-12-7(9)5-6(2)8(10)11-3/h4-5H,1H2,2-3H3. The lowest BCUT2D eigenvalue weighted by Gasteiger charge is -1.96. The Bertz CT molecular complexity index is 227. The van der Waals surface area contributed by atoms with E-state index in [-0.39, 0.29) is 5.57 Å². The van der Waals surface area contributed by atoms with Crippen LogP contribution in [0.2, 0.25) is 0 Å². The van der Waals surface area contributed by atoms with Gasteiger partial charge in [-0.25, -0.2) is 9.59 Å². The van der Waals surface area contributed by atoms with Crippen LogP contribution in [0.3, 0.4) is 0 Å². The molecule has 0 aliphatic heterocycles. The maximum atomic E-state index is 10.7. The first-order valence-corrected chi connectivity index (χ1v) is 3.20. The van der Waals surface area contributed by atoms with Gasteiger partial charge in [-0.1, -0.05) is 6.58 Å². The molecule has 4 nitrogen and oxygen atoms in total. The van der Waals surface area contributed by atoms with Gasteiger partial charge in [0.2, 0.25) is 0 Å². The molecule has 0 unspecified atom stereocenters. The molecule has 0 aliphatic carbocycles. The molecule has 0 spiro atoms. The molecule has 0 bridgehead atoms. The summed E-state index contributed by atoms with van der Waals surface area (Å²) in [5.41, 5.74) is 0.185. The Morgan fingerprint density at radius 2 is 2.00 bits per heavy atom. The molecule has 0 radical (unpaired) electrons. The van der Waals surface area contributed by atoms with Crippen molar-refractivity contribution in [3.8, 4) is 0 Å². The maximum Gasteiger partial charge on any atom is 0.336 e. The van der Waals surface area contributed by atoms with Crippen LogP contribution in [0.5, 0.6) is 0 Å². The van der Waals surface area contributed by atoms with Gasteiger partial charge in [-0.3, -0.25) is 0 Å². The normalized spacial score (nSPS) is 10.3. The van der Waals surface area contributed by atoms with E-state index in [2.05, 4.69) is 16.1 Å². The number of rotatable bonds is 3. The largest absolute Gasteiger partial charge is 0.466 e. The van der Waals surface area contributed by atoms with Crippen LogP contribution in [0.25, 0.3) is 0 Å². The fraction of sp³-hybridized carbons (Fsp3) is 0.250. The van der Waals surface area contributed by atoms with E-state index in [9.17, 15) is 9.59 Å².